The van der Waals surface area contributed by atoms with Gasteiger partial charge in [0.05, 0.1) is 4.53 Å². The SMILES string of the molecule is CCCCCCN1c2ccccc2CCc2cc(C=C(C)C=c3sc(=C4SC(=S)N(CC)C4=O)n(COC=O)c3=O)ccc21. The van der Waals surface area contributed by atoms with Crippen LogP contribution in [0.2, 0.25) is 0 Å². The Morgan fingerprint density at radius 3 is 2.52 bits per heavy atom. The number of amides is 1. The van der Waals surface area contributed by atoms with Crippen molar-refractivity contribution in [3.8, 4) is 0 Å². The fraction of sp³-hybridized carbons (Fsp3) is 0.353. The number of carbonyl (C=O) groups excluding carboxylic acids is 2. The fourth-order valence-electron chi connectivity index (χ4n) is 5.70. The predicted molar refractivity (Wildman–Crippen MR) is 186 cm³/mol. The summed E-state index contributed by atoms with van der Waals surface area (Å²) in [6.45, 7) is 7.51. The van der Waals surface area contributed by atoms with Gasteiger partial charge >= 0.3 is 0 Å². The van der Waals surface area contributed by atoms with E-state index in [-0.39, 0.29) is 18.2 Å². The van der Waals surface area contributed by atoms with Crippen LogP contribution in [-0.4, -0.2) is 39.3 Å². The van der Waals surface area contributed by atoms with E-state index in [4.69, 9.17) is 17.0 Å². The highest BCUT2D eigenvalue weighted by Crippen LogP contribution is 2.37. The molecular weight excluding hydrogens is 611 g/mol. The zero-order chi connectivity index (χ0) is 31.2. The second kappa shape index (κ2) is 14.5. The van der Waals surface area contributed by atoms with Gasteiger partial charge in [0.2, 0.25) is 0 Å². The van der Waals surface area contributed by atoms with E-state index < -0.39 is 0 Å². The second-order valence-corrected chi connectivity index (χ2v) is 13.6. The lowest BCUT2D eigenvalue weighted by molar-refractivity contribution is -0.132. The number of thiocarbonyl (C=S) groups is 1. The van der Waals surface area contributed by atoms with Crippen LogP contribution in [0.3, 0.4) is 0 Å². The van der Waals surface area contributed by atoms with Crippen LogP contribution in [0.15, 0.2) is 52.8 Å². The van der Waals surface area contributed by atoms with Crippen LogP contribution in [0.25, 0.3) is 17.1 Å². The Bertz CT molecular complexity index is 1790. The molecule has 0 saturated carbocycles. The highest BCUT2D eigenvalue weighted by molar-refractivity contribution is 8.30. The van der Waals surface area contributed by atoms with Crippen molar-refractivity contribution in [1.29, 1.82) is 0 Å². The van der Waals surface area contributed by atoms with E-state index in [1.807, 2.05) is 19.9 Å². The number of hydrogen-bond acceptors (Lipinski definition) is 8. The van der Waals surface area contributed by atoms with E-state index in [2.05, 4.69) is 60.4 Å². The van der Waals surface area contributed by atoms with Gasteiger partial charge in [0.15, 0.2) is 6.73 Å². The summed E-state index contributed by atoms with van der Waals surface area (Å²) >= 11 is 7.75. The van der Waals surface area contributed by atoms with Gasteiger partial charge in [0.25, 0.3) is 17.9 Å². The molecule has 0 atom stereocenters. The molecule has 3 aromatic rings. The van der Waals surface area contributed by atoms with Crippen LogP contribution in [0.1, 0.15) is 63.1 Å². The molecule has 1 saturated heterocycles. The molecule has 0 aliphatic carbocycles. The number of anilines is 2. The molecule has 7 nitrogen and oxygen atoms in total. The summed E-state index contributed by atoms with van der Waals surface area (Å²) in [7, 11) is 0. The number of allylic oxidation sites excluding steroid dienone is 1. The van der Waals surface area contributed by atoms with E-state index in [0.717, 1.165) is 36.9 Å². The smallest absolute Gasteiger partial charge is 0.294 e. The van der Waals surface area contributed by atoms with Crippen molar-refractivity contribution in [2.45, 2.75) is 66.0 Å². The third-order valence-electron chi connectivity index (χ3n) is 7.87. The third kappa shape index (κ3) is 6.77. The molecule has 2 aliphatic heterocycles. The minimum atomic E-state index is -0.320. The first-order valence-electron chi connectivity index (χ1n) is 15.1. The lowest BCUT2D eigenvalue weighted by Crippen LogP contribution is -2.34. The maximum absolute atomic E-state index is 13.4. The molecule has 230 valence electrons. The predicted octanol–water partition coefficient (Wildman–Crippen LogP) is 5.73. The van der Waals surface area contributed by atoms with Crippen molar-refractivity contribution in [2.75, 3.05) is 18.0 Å². The fourth-order valence-corrected chi connectivity index (χ4v) is 8.38. The van der Waals surface area contributed by atoms with E-state index in [1.165, 1.54) is 74.3 Å². The summed E-state index contributed by atoms with van der Waals surface area (Å²) in [6, 6.07) is 15.4. The van der Waals surface area contributed by atoms with E-state index >= 15 is 0 Å². The number of thioether (sulfide) groups is 1. The average molecular weight is 648 g/mol. The molecule has 10 heteroatoms. The quantitative estimate of drug-likeness (QED) is 0.150. The number of carbonyl (C=O) groups is 2. The van der Waals surface area contributed by atoms with Crippen LogP contribution in [0, 0.1) is 0 Å². The minimum absolute atomic E-state index is 0.242. The topological polar surface area (TPSA) is 71.8 Å². The first-order valence-corrected chi connectivity index (χ1v) is 17.1. The minimum Gasteiger partial charge on any atom is -0.446 e. The van der Waals surface area contributed by atoms with Gasteiger partial charge in [-0.15, -0.1) is 11.3 Å². The lowest BCUT2D eigenvalue weighted by Gasteiger charge is -2.27. The number of hydrogen-bond donors (Lipinski definition) is 0. The summed E-state index contributed by atoms with van der Waals surface area (Å²) in [5, 5.41) is 0. The average Bonchev–Trinajstić information content (AvgIpc) is 3.41. The largest absolute Gasteiger partial charge is 0.446 e. The van der Waals surface area contributed by atoms with Crippen LogP contribution < -0.4 is 19.7 Å². The van der Waals surface area contributed by atoms with Crippen molar-refractivity contribution < 1.29 is 14.3 Å². The number of benzene rings is 2. The molecule has 2 aromatic carbocycles. The lowest BCUT2D eigenvalue weighted by atomic mass is 10.0. The molecule has 0 spiro atoms. The van der Waals surface area contributed by atoms with Crippen LogP contribution in [-0.2, 0) is 33.9 Å². The van der Waals surface area contributed by atoms with E-state index in [9.17, 15) is 14.4 Å². The Kier molecular flexibility index (Phi) is 10.6. The van der Waals surface area contributed by atoms with Crippen LogP contribution in [0.4, 0.5) is 11.4 Å². The molecule has 3 heterocycles. The number of ether oxygens (including phenoxy) is 1. The molecule has 1 aromatic heterocycles. The molecule has 44 heavy (non-hydrogen) atoms. The molecule has 1 fully saturated rings. The number of aromatic nitrogens is 1. The van der Waals surface area contributed by atoms with Gasteiger partial charge in [0, 0.05) is 24.5 Å². The highest BCUT2D eigenvalue weighted by Gasteiger charge is 2.33. The highest BCUT2D eigenvalue weighted by atomic mass is 32.2. The number of nitrogens with zero attached hydrogens (tertiary/aromatic N) is 3. The van der Waals surface area contributed by atoms with Crippen molar-refractivity contribution in [3.05, 3.63) is 84.3 Å². The first-order chi connectivity index (χ1) is 21.4. The Morgan fingerprint density at radius 1 is 1.00 bits per heavy atom. The normalized spacial score (nSPS) is 16.7. The monoisotopic (exact) mass is 647 g/mol. The van der Waals surface area contributed by atoms with E-state index in [1.54, 1.807) is 0 Å². The van der Waals surface area contributed by atoms with Gasteiger partial charge in [-0.2, -0.15) is 0 Å². The molecule has 0 unspecified atom stereocenters. The zero-order valence-corrected chi connectivity index (χ0v) is 27.8. The molecule has 2 aliphatic rings. The summed E-state index contributed by atoms with van der Waals surface area (Å²) in [5.41, 5.74) is 6.90. The number of rotatable bonds is 11. The Balaban J connectivity index is 1.50. The van der Waals surface area contributed by atoms with E-state index in [0.29, 0.717) is 31.4 Å². The van der Waals surface area contributed by atoms with Crippen LogP contribution in [0.5, 0.6) is 0 Å². The number of thiazole rings is 1. The molecule has 1 amide bonds. The number of para-hydroxylation sites is 1. The molecule has 5 rings (SSSR count). The second-order valence-electron chi connectivity index (χ2n) is 10.9. The van der Waals surface area contributed by atoms with Gasteiger partial charge in [-0.1, -0.05) is 80.5 Å². The summed E-state index contributed by atoms with van der Waals surface area (Å²) in [5.74, 6) is -0.242. The molecule has 0 radical (unpaired) electrons. The standard InChI is InChI=1S/C34H37N3O4S3/c1-4-6-7-10-17-36-27-12-9-8-11-25(27)14-15-26-20-24(13-16-28(26)36)18-23(3)19-29-31(39)37(21-41-22-38)33(43-29)30-32(40)35(5-2)34(42)44-30/h8-9,11-13,16,18-20,22H,4-7,10,14-15,17,21H2,1-3H3. The van der Waals surface area contributed by atoms with Gasteiger partial charge in [-0.25, -0.2) is 0 Å². The van der Waals surface area contributed by atoms with Gasteiger partial charge in [0.1, 0.15) is 13.9 Å². The van der Waals surface area contributed by atoms with Crippen molar-refractivity contribution in [3.63, 3.8) is 0 Å². The Hall–Kier alpha value is -3.47. The first kappa shape index (κ1) is 31.9. The van der Waals surface area contributed by atoms with Gasteiger partial charge in [-0.3, -0.25) is 23.9 Å². The molecule has 0 N–H and O–H groups in total. The number of fused-ring (bicyclic) bond motifs is 2. The zero-order valence-electron chi connectivity index (χ0n) is 25.3. The summed E-state index contributed by atoms with van der Waals surface area (Å²) in [4.78, 5) is 41.7. The summed E-state index contributed by atoms with van der Waals surface area (Å²) in [6.07, 6.45) is 10.7. The van der Waals surface area contributed by atoms with Crippen LogP contribution >= 0.6 is 35.3 Å². The maximum atomic E-state index is 13.4. The third-order valence-corrected chi connectivity index (χ3v) is 10.6. The Labute approximate surface area is 271 Å². The molecule has 0 bridgehead atoms. The van der Waals surface area contributed by atoms with Crippen molar-refractivity contribution in [2.24, 2.45) is 0 Å². The van der Waals surface area contributed by atoms with Crippen molar-refractivity contribution in [1.82, 2.24) is 9.47 Å². The Morgan fingerprint density at radius 2 is 1.77 bits per heavy atom. The summed E-state index contributed by atoms with van der Waals surface area (Å²) < 4.78 is 7.60. The van der Waals surface area contributed by atoms with Gasteiger partial charge in [-0.05, 0) is 79.6 Å². The maximum Gasteiger partial charge on any atom is 0.294 e. The number of unbranched alkanes of at least 4 members (excludes halogenated alkanes) is 3. The van der Waals surface area contributed by atoms with Crippen molar-refractivity contribution >= 4 is 80.4 Å². The van der Waals surface area contributed by atoms with Gasteiger partial charge < -0.3 is 9.64 Å². The molecular formula is C34H37N3O4S3. The number of aryl methyl sites for hydroxylation is 2.